The lowest BCUT2D eigenvalue weighted by Gasteiger charge is -2.11. The second-order valence-corrected chi connectivity index (χ2v) is 7.10. The number of carbonyl (C=O) groups is 1. The number of rotatable bonds is 9. The van der Waals surface area contributed by atoms with E-state index in [1.807, 2.05) is 12.1 Å². The molecule has 1 rings (SSSR count). The Hall–Kier alpha value is -1.47. The minimum atomic E-state index is -3.48. The Kier molecular flexibility index (Phi) is 7.31. The molecule has 0 saturated carbocycles. The Morgan fingerprint density at radius 2 is 2.14 bits per heavy atom. The number of methoxy groups -OCH3 is 1. The SMILES string of the molecule is C=CCSc1ccccc1NS(=O)(=O)CCCC(=O)OC. The van der Waals surface area contributed by atoms with E-state index in [-0.39, 0.29) is 18.6 Å². The highest BCUT2D eigenvalue weighted by molar-refractivity contribution is 7.99. The van der Waals surface area contributed by atoms with Crippen LogP contribution in [0.5, 0.6) is 0 Å². The predicted molar refractivity (Wildman–Crippen MR) is 86.0 cm³/mol. The maximum absolute atomic E-state index is 12.0. The van der Waals surface area contributed by atoms with E-state index in [4.69, 9.17) is 0 Å². The molecule has 21 heavy (non-hydrogen) atoms. The molecular weight excluding hydrogens is 310 g/mol. The minimum absolute atomic E-state index is 0.0876. The topological polar surface area (TPSA) is 72.5 Å². The molecule has 0 atom stereocenters. The number of thioether (sulfide) groups is 1. The van der Waals surface area contributed by atoms with Gasteiger partial charge in [0.2, 0.25) is 10.0 Å². The number of hydrogen-bond donors (Lipinski definition) is 1. The first kappa shape index (κ1) is 17.6. The number of carbonyl (C=O) groups excluding carboxylic acids is 1. The van der Waals surface area contributed by atoms with Crippen LogP contribution < -0.4 is 4.72 Å². The van der Waals surface area contributed by atoms with E-state index in [0.29, 0.717) is 11.4 Å². The molecule has 1 aromatic carbocycles. The molecule has 0 radical (unpaired) electrons. The maximum atomic E-state index is 12.0. The van der Waals surface area contributed by atoms with Crippen LogP contribution in [0.3, 0.4) is 0 Å². The zero-order valence-corrected chi connectivity index (χ0v) is 13.5. The van der Waals surface area contributed by atoms with E-state index in [2.05, 4.69) is 16.0 Å². The van der Waals surface area contributed by atoms with Crippen LogP contribution in [-0.4, -0.2) is 33.0 Å². The number of para-hydroxylation sites is 1. The van der Waals surface area contributed by atoms with Crippen LogP contribution in [0.15, 0.2) is 41.8 Å². The molecule has 0 spiro atoms. The average molecular weight is 329 g/mol. The lowest BCUT2D eigenvalue weighted by atomic mass is 10.3. The molecule has 0 unspecified atom stereocenters. The molecule has 7 heteroatoms. The van der Waals surface area contributed by atoms with Gasteiger partial charge in [-0.05, 0) is 18.6 Å². The number of nitrogens with one attached hydrogen (secondary N) is 1. The normalized spacial score (nSPS) is 10.9. The van der Waals surface area contributed by atoms with E-state index in [1.54, 1.807) is 18.2 Å². The summed E-state index contributed by atoms with van der Waals surface area (Å²) in [6.07, 6.45) is 2.07. The first-order valence-corrected chi connectivity index (χ1v) is 9.02. The minimum Gasteiger partial charge on any atom is -0.469 e. The van der Waals surface area contributed by atoms with Crippen LogP contribution in [0.4, 0.5) is 5.69 Å². The van der Waals surface area contributed by atoms with Gasteiger partial charge < -0.3 is 4.74 Å². The zero-order chi connectivity index (χ0) is 15.7. The van der Waals surface area contributed by atoms with Crippen molar-refractivity contribution >= 4 is 33.4 Å². The standard InChI is InChI=1S/C14H19NO4S2/c1-3-10-20-13-8-5-4-7-12(13)15-21(17,18)11-6-9-14(16)19-2/h3-5,7-8,15H,1,6,9-11H2,2H3. The fraction of sp³-hybridized carbons (Fsp3) is 0.357. The summed E-state index contributed by atoms with van der Waals surface area (Å²) in [6, 6.07) is 7.18. The van der Waals surface area contributed by atoms with Gasteiger partial charge in [-0.1, -0.05) is 18.2 Å². The first-order chi connectivity index (χ1) is 9.98. The van der Waals surface area contributed by atoms with Gasteiger partial charge >= 0.3 is 5.97 Å². The van der Waals surface area contributed by atoms with Gasteiger partial charge in [0.15, 0.2) is 0 Å². The van der Waals surface area contributed by atoms with Gasteiger partial charge in [-0.25, -0.2) is 8.42 Å². The summed E-state index contributed by atoms with van der Waals surface area (Å²) in [4.78, 5) is 11.8. The molecule has 0 saturated heterocycles. The Morgan fingerprint density at radius 1 is 1.43 bits per heavy atom. The lowest BCUT2D eigenvalue weighted by Crippen LogP contribution is -2.18. The quantitative estimate of drug-likeness (QED) is 0.428. The molecule has 5 nitrogen and oxygen atoms in total. The summed E-state index contributed by atoms with van der Waals surface area (Å²) in [5, 5.41) is 0. The summed E-state index contributed by atoms with van der Waals surface area (Å²) in [6.45, 7) is 3.64. The number of anilines is 1. The molecule has 0 aromatic heterocycles. The van der Waals surface area contributed by atoms with Crippen molar-refractivity contribution in [1.82, 2.24) is 0 Å². The Balaban J connectivity index is 2.66. The van der Waals surface area contributed by atoms with Gasteiger partial charge in [0.25, 0.3) is 0 Å². The molecule has 0 amide bonds. The monoisotopic (exact) mass is 329 g/mol. The highest BCUT2D eigenvalue weighted by atomic mass is 32.2. The van der Waals surface area contributed by atoms with E-state index in [1.165, 1.54) is 18.9 Å². The number of sulfonamides is 1. The van der Waals surface area contributed by atoms with E-state index >= 15 is 0 Å². The highest BCUT2D eigenvalue weighted by Gasteiger charge is 2.14. The Labute approximate surface area is 129 Å². The second-order valence-electron chi connectivity index (χ2n) is 4.20. The van der Waals surface area contributed by atoms with Crippen molar-refractivity contribution in [3.8, 4) is 0 Å². The van der Waals surface area contributed by atoms with Crippen LogP contribution >= 0.6 is 11.8 Å². The van der Waals surface area contributed by atoms with Gasteiger partial charge in [0, 0.05) is 17.1 Å². The second kappa shape index (κ2) is 8.74. The summed E-state index contributed by atoms with van der Waals surface area (Å²) in [5.41, 5.74) is 0.544. The van der Waals surface area contributed by atoms with Crippen molar-refractivity contribution < 1.29 is 17.9 Å². The highest BCUT2D eigenvalue weighted by Crippen LogP contribution is 2.27. The summed E-state index contributed by atoms with van der Waals surface area (Å²) in [7, 11) is -2.20. The molecule has 0 heterocycles. The van der Waals surface area contributed by atoms with Crippen molar-refractivity contribution in [2.24, 2.45) is 0 Å². The van der Waals surface area contributed by atoms with Crippen LogP contribution in [0.2, 0.25) is 0 Å². The van der Waals surface area contributed by atoms with Crippen molar-refractivity contribution in [2.75, 3.05) is 23.3 Å². The predicted octanol–water partition coefficient (Wildman–Crippen LogP) is 2.66. The largest absolute Gasteiger partial charge is 0.469 e. The lowest BCUT2D eigenvalue weighted by molar-refractivity contribution is -0.140. The van der Waals surface area contributed by atoms with Crippen molar-refractivity contribution in [2.45, 2.75) is 17.7 Å². The fourth-order valence-corrected chi connectivity index (χ4v) is 3.50. The third-order valence-electron chi connectivity index (χ3n) is 2.53. The Morgan fingerprint density at radius 3 is 2.81 bits per heavy atom. The van der Waals surface area contributed by atoms with Crippen LogP contribution in [0.1, 0.15) is 12.8 Å². The third kappa shape index (κ3) is 6.68. The molecule has 1 N–H and O–H groups in total. The molecule has 0 aliphatic carbocycles. The molecule has 0 aliphatic rings. The fourth-order valence-electron chi connectivity index (χ4n) is 1.55. The maximum Gasteiger partial charge on any atom is 0.305 e. The van der Waals surface area contributed by atoms with Crippen LogP contribution in [0, 0.1) is 0 Å². The van der Waals surface area contributed by atoms with E-state index in [0.717, 1.165) is 4.90 Å². The number of hydrogen-bond acceptors (Lipinski definition) is 5. The van der Waals surface area contributed by atoms with Crippen LogP contribution in [-0.2, 0) is 19.6 Å². The van der Waals surface area contributed by atoms with Gasteiger partial charge in [-0.3, -0.25) is 9.52 Å². The molecular formula is C14H19NO4S2. The average Bonchev–Trinajstić information content (AvgIpc) is 2.45. The van der Waals surface area contributed by atoms with Gasteiger partial charge in [0.1, 0.15) is 0 Å². The summed E-state index contributed by atoms with van der Waals surface area (Å²) >= 11 is 1.50. The molecule has 1 aromatic rings. The number of ether oxygens (including phenoxy) is 1. The van der Waals surface area contributed by atoms with E-state index in [9.17, 15) is 13.2 Å². The summed E-state index contributed by atoms with van der Waals surface area (Å²) in [5.74, 6) is 0.163. The number of esters is 1. The van der Waals surface area contributed by atoms with Crippen molar-refractivity contribution in [3.05, 3.63) is 36.9 Å². The van der Waals surface area contributed by atoms with Gasteiger partial charge in [-0.15, -0.1) is 18.3 Å². The van der Waals surface area contributed by atoms with Crippen LogP contribution in [0.25, 0.3) is 0 Å². The van der Waals surface area contributed by atoms with E-state index < -0.39 is 16.0 Å². The zero-order valence-electron chi connectivity index (χ0n) is 11.9. The molecule has 0 bridgehead atoms. The Bertz CT molecular complexity index is 584. The van der Waals surface area contributed by atoms with Crippen molar-refractivity contribution in [3.63, 3.8) is 0 Å². The van der Waals surface area contributed by atoms with Gasteiger partial charge in [-0.2, -0.15) is 0 Å². The smallest absolute Gasteiger partial charge is 0.305 e. The van der Waals surface area contributed by atoms with Gasteiger partial charge in [0.05, 0.1) is 18.6 Å². The summed E-state index contributed by atoms with van der Waals surface area (Å²) < 4.78 is 31.0. The molecule has 116 valence electrons. The van der Waals surface area contributed by atoms with Crippen molar-refractivity contribution in [1.29, 1.82) is 0 Å². The number of benzene rings is 1. The molecule has 0 aliphatic heterocycles. The third-order valence-corrected chi connectivity index (χ3v) is 4.96. The molecule has 0 fully saturated rings. The first-order valence-electron chi connectivity index (χ1n) is 6.38.